The highest BCUT2D eigenvalue weighted by Gasteiger charge is 2.42. The molecule has 5 heterocycles. The first-order valence-electron chi connectivity index (χ1n) is 14.1. The number of piperidine rings is 1. The van der Waals surface area contributed by atoms with Gasteiger partial charge in [0.2, 0.25) is 0 Å². The SMILES string of the molecule is CC(=O)CNCc1cccnc1-n1cc(CN2CCC3(CC2)OCCc2cc(F)sc23)c(C)n1.O=C(O)[C@H](O)[C@@H](O)C(=O)O. The van der Waals surface area contributed by atoms with Crippen LogP contribution >= 0.6 is 11.3 Å². The molecule has 2 aliphatic rings. The molecule has 3 aromatic rings. The van der Waals surface area contributed by atoms with Gasteiger partial charge in [0.15, 0.2) is 23.2 Å². The molecule has 44 heavy (non-hydrogen) atoms. The van der Waals surface area contributed by atoms with Gasteiger partial charge in [-0.25, -0.2) is 19.3 Å². The van der Waals surface area contributed by atoms with Crippen molar-refractivity contribution < 1.29 is 43.9 Å². The number of carboxylic acids is 2. The standard InChI is InChI=1S/C25H30FN5O2S.C4H6O6/c1-17(32)13-27-14-20-4-3-8-28-24(20)31-16-21(18(2)29-31)15-30-9-6-25(7-10-30)23-19(5-11-33-25)12-22(26)34-23;5-1(3(7)8)2(6)4(9)10/h3-4,8,12,16,27H,5-7,9-11,13-15H2,1-2H3;1-2,5-6H,(H,7,8)(H,9,10)/t;1-,2-/m.1/s1. The van der Waals surface area contributed by atoms with Crippen molar-refractivity contribution in [2.45, 2.75) is 64.0 Å². The van der Waals surface area contributed by atoms with Crippen LogP contribution in [0.1, 0.15) is 47.0 Å². The number of rotatable bonds is 10. The van der Waals surface area contributed by atoms with Crippen LogP contribution in [-0.4, -0.2) is 96.3 Å². The predicted molar refractivity (Wildman–Crippen MR) is 156 cm³/mol. The van der Waals surface area contributed by atoms with E-state index in [-0.39, 0.29) is 16.5 Å². The fraction of sp³-hybridized carbons (Fsp3) is 0.483. The summed E-state index contributed by atoms with van der Waals surface area (Å²) < 4.78 is 22.0. The average molecular weight is 634 g/mol. The molecule has 2 atom stereocenters. The number of aliphatic carboxylic acids is 2. The van der Waals surface area contributed by atoms with E-state index < -0.39 is 24.1 Å². The normalized spacial score (nSPS) is 17.3. The van der Waals surface area contributed by atoms with Gasteiger partial charge < -0.3 is 30.5 Å². The van der Waals surface area contributed by atoms with Crippen LogP contribution in [0.4, 0.5) is 4.39 Å². The monoisotopic (exact) mass is 633 g/mol. The molecular formula is C29H36FN5O8S. The van der Waals surface area contributed by atoms with Crippen molar-refractivity contribution in [1.29, 1.82) is 0 Å². The van der Waals surface area contributed by atoms with Crippen molar-refractivity contribution in [1.82, 2.24) is 25.0 Å². The number of carbonyl (C=O) groups excluding carboxylic acids is 1. The predicted octanol–water partition coefficient (Wildman–Crippen LogP) is 1.40. The fourth-order valence-electron chi connectivity index (χ4n) is 5.25. The third-order valence-electron chi connectivity index (χ3n) is 7.58. The molecule has 0 aliphatic carbocycles. The first kappa shape index (κ1) is 33.3. The lowest BCUT2D eigenvalue weighted by atomic mass is 9.85. The lowest BCUT2D eigenvalue weighted by Crippen LogP contribution is -2.45. The molecule has 1 saturated heterocycles. The third kappa shape index (κ3) is 7.91. The van der Waals surface area contributed by atoms with Gasteiger partial charge >= 0.3 is 11.9 Å². The lowest BCUT2D eigenvalue weighted by Gasteiger charge is -2.43. The number of hydrogen-bond donors (Lipinski definition) is 5. The van der Waals surface area contributed by atoms with Crippen molar-refractivity contribution in [3.63, 3.8) is 0 Å². The zero-order valence-corrected chi connectivity index (χ0v) is 25.2. The van der Waals surface area contributed by atoms with E-state index in [2.05, 4.69) is 21.4 Å². The third-order valence-corrected chi connectivity index (χ3v) is 8.73. The second-order valence-electron chi connectivity index (χ2n) is 10.8. The summed E-state index contributed by atoms with van der Waals surface area (Å²) in [6.07, 6.45) is 1.84. The number of aliphatic hydroxyl groups is 2. The molecule has 0 bridgehead atoms. The number of thiophene rings is 1. The highest BCUT2D eigenvalue weighted by Crippen LogP contribution is 2.45. The Labute approximate surface area is 256 Å². The number of aliphatic hydroxyl groups excluding tert-OH is 2. The summed E-state index contributed by atoms with van der Waals surface area (Å²) in [4.78, 5) is 38.9. The number of hydrogen-bond acceptors (Lipinski definition) is 11. The van der Waals surface area contributed by atoms with Crippen LogP contribution in [-0.2, 0) is 44.2 Å². The summed E-state index contributed by atoms with van der Waals surface area (Å²) >= 11 is 1.26. The second kappa shape index (κ2) is 14.5. The molecule has 0 saturated carbocycles. The first-order chi connectivity index (χ1) is 20.9. The van der Waals surface area contributed by atoms with E-state index in [0.717, 1.165) is 72.0 Å². The zero-order valence-electron chi connectivity index (χ0n) is 24.4. The minimum atomic E-state index is -2.27. The van der Waals surface area contributed by atoms with E-state index in [9.17, 15) is 18.8 Å². The maximum Gasteiger partial charge on any atom is 0.335 e. The highest BCUT2D eigenvalue weighted by molar-refractivity contribution is 7.10. The van der Waals surface area contributed by atoms with Crippen LogP contribution in [0.15, 0.2) is 30.6 Å². The molecule has 1 spiro atoms. The Morgan fingerprint density at radius 1 is 1.16 bits per heavy atom. The number of ether oxygens (including phenoxy) is 1. The number of aryl methyl sites for hydroxylation is 1. The van der Waals surface area contributed by atoms with Gasteiger partial charge in [-0.1, -0.05) is 6.07 Å². The summed E-state index contributed by atoms with van der Waals surface area (Å²) in [6.45, 7) is 7.75. The highest BCUT2D eigenvalue weighted by atomic mass is 32.1. The van der Waals surface area contributed by atoms with Crippen LogP contribution in [0.3, 0.4) is 0 Å². The summed E-state index contributed by atoms with van der Waals surface area (Å²) in [5.41, 5.74) is 3.94. The maximum atomic E-state index is 13.9. The van der Waals surface area contributed by atoms with Crippen molar-refractivity contribution >= 4 is 29.1 Å². The van der Waals surface area contributed by atoms with Crippen LogP contribution in [0.5, 0.6) is 0 Å². The molecule has 2 aliphatic heterocycles. The summed E-state index contributed by atoms with van der Waals surface area (Å²) in [6, 6.07) is 5.59. The molecule has 5 N–H and O–H groups in total. The number of nitrogens with one attached hydrogen (secondary N) is 1. The summed E-state index contributed by atoms with van der Waals surface area (Å²) in [5, 5.41) is 40.3. The van der Waals surface area contributed by atoms with Crippen molar-refractivity contribution in [2.75, 3.05) is 26.2 Å². The Bertz CT molecular complexity index is 1470. The van der Waals surface area contributed by atoms with Gasteiger partial charge in [-0.05, 0) is 50.8 Å². The molecule has 238 valence electrons. The molecule has 0 radical (unpaired) electrons. The van der Waals surface area contributed by atoms with Gasteiger partial charge in [-0.3, -0.25) is 9.69 Å². The average Bonchev–Trinajstić information content (AvgIpc) is 3.56. The van der Waals surface area contributed by atoms with Gasteiger partial charge in [0.1, 0.15) is 11.4 Å². The smallest absolute Gasteiger partial charge is 0.335 e. The summed E-state index contributed by atoms with van der Waals surface area (Å²) in [7, 11) is 0. The number of pyridine rings is 1. The maximum absolute atomic E-state index is 13.9. The van der Waals surface area contributed by atoms with Crippen LogP contribution in [0, 0.1) is 12.1 Å². The number of likely N-dealkylation sites (tertiary alicyclic amines) is 1. The largest absolute Gasteiger partial charge is 0.479 e. The Morgan fingerprint density at radius 2 is 1.84 bits per heavy atom. The van der Waals surface area contributed by atoms with Crippen molar-refractivity contribution in [3.05, 3.63) is 63.0 Å². The van der Waals surface area contributed by atoms with Crippen molar-refractivity contribution in [3.8, 4) is 5.82 Å². The Kier molecular flexibility index (Phi) is 10.9. The molecule has 13 nitrogen and oxygen atoms in total. The number of fused-ring (bicyclic) bond motifs is 2. The Hall–Kier alpha value is -3.60. The lowest BCUT2D eigenvalue weighted by molar-refractivity contribution is -0.165. The van der Waals surface area contributed by atoms with E-state index in [4.69, 9.17) is 30.3 Å². The quantitative estimate of drug-likeness (QED) is 0.216. The van der Waals surface area contributed by atoms with E-state index in [1.54, 1.807) is 19.2 Å². The molecule has 0 aromatic carbocycles. The number of aromatic nitrogens is 3. The van der Waals surface area contributed by atoms with Gasteiger partial charge in [-0.15, -0.1) is 11.3 Å². The van der Waals surface area contributed by atoms with E-state index in [0.29, 0.717) is 19.7 Å². The van der Waals surface area contributed by atoms with Crippen LogP contribution < -0.4 is 5.32 Å². The summed E-state index contributed by atoms with van der Waals surface area (Å²) in [5.74, 6) is -2.66. The van der Waals surface area contributed by atoms with E-state index in [1.165, 1.54) is 11.3 Å². The minimum Gasteiger partial charge on any atom is -0.479 e. The topological polar surface area (TPSA) is 187 Å². The van der Waals surface area contributed by atoms with Gasteiger partial charge in [0.25, 0.3) is 0 Å². The van der Waals surface area contributed by atoms with Crippen LogP contribution in [0.25, 0.3) is 5.82 Å². The van der Waals surface area contributed by atoms with Gasteiger partial charge in [-0.2, -0.15) is 9.49 Å². The van der Waals surface area contributed by atoms with Crippen molar-refractivity contribution in [2.24, 2.45) is 0 Å². The molecule has 1 fully saturated rings. The Balaban J connectivity index is 0.000000382. The molecule has 0 unspecified atom stereocenters. The van der Waals surface area contributed by atoms with Gasteiger partial charge in [0, 0.05) is 54.6 Å². The second-order valence-corrected chi connectivity index (χ2v) is 11.8. The zero-order chi connectivity index (χ0) is 32.0. The molecular weight excluding hydrogens is 597 g/mol. The number of ketones is 1. The van der Waals surface area contributed by atoms with Crippen LogP contribution in [0.2, 0.25) is 0 Å². The fourth-order valence-corrected chi connectivity index (χ4v) is 6.39. The number of Topliss-reactive ketones (excluding diaryl/α,β-unsaturated/α-hetero) is 1. The molecule has 0 amide bonds. The minimum absolute atomic E-state index is 0.102. The van der Waals surface area contributed by atoms with Gasteiger partial charge in [0.05, 0.1) is 18.8 Å². The number of carbonyl (C=O) groups is 3. The molecule has 3 aromatic heterocycles. The van der Waals surface area contributed by atoms with E-state index >= 15 is 0 Å². The number of halogens is 1. The number of nitrogens with zero attached hydrogens (tertiary/aromatic N) is 4. The van der Waals surface area contributed by atoms with E-state index in [1.807, 2.05) is 23.7 Å². The first-order valence-corrected chi connectivity index (χ1v) is 14.9. The molecule has 5 rings (SSSR count). The molecule has 15 heteroatoms. The Morgan fingerprint density at radius 3 is 2.48 bits per heavy atom. The number of carboxylic acid groups (broad SMARTS) is 2.